The Morgan fingerprint density at radius 1 is 1.05 bits per heavy atom. The molecule has 5 rings (SSSR count). The largest absolute Gasteiger partial charge is 0.478 e. The van der Waals surface area contributed by atoms with Gasteiger partial charge < -0.3 is 19.3 Å². The Balaban J connectivity index is 1.47. The molecule has 0 saturated carbocycles. The Hall–Kier alpha value is -4.90. The number of alkyl halides is 3. The quantitative estimate of drug-likeness (QED) is 0.194. The molecule has 220 valence electrons. The van der Waals surface area contributed by atoms with Crippen LogP contribution in [0.25, 0.3) is 11.0 Å². The second-order valence-corrected chi connectivity index (χ2v) is 10.3. The molecule has 5 aromatic rings. The molecule has 0 aliphatic heterocycles. The second kappa shape index (κ2) is 11.8. The monoisotopic (exact) mass is 608 g/mol. The van der Waals surface area contributed by atoms with Crippen LogP contribution in [0.4, 0.5) is 18.9 Å². The predicted octanol–water partition coefficient (Wildman–Crippen LogP) is 7.70. The first-order valence-corrected chi connectivity index (χ1v) is 13.4. The molecule has 1 amide bonds. The minimum absolute atomic E-state index is 0.0237. The van der Waals surface area contributed by atoms with Crippen LogP contribution in [0.3, 0.4) is 0 Å². The Kier molecular flexibility index (Phi) is 8.10. The maximum absolute atomic E-state index is 14.2. The van der Waals surface area contributed by atoms with E-state index < -0.39 is 35.4 Å². The number of anilines is 1. The van der Waals surface area contributed by atoms with Gasteiger partial charge in [0.1, 0.15) is 22.8 Å². The van der Waals surface area contributed by atoms with E-state index in [1.165, 1.54) is 47.5 Å². The van der Waals surface area contributed by atoms with Crippen molar-refractivity contribution >= 4 is 40.2 Å². The van der Waals surface area contributed by atoms with Gasteiger partial charge in [-0.25, -0.2) is 14.8 Å². The molecule has 0 unspecified atom stereocenters. The van der Waals surface area contributed by atoms with Gasteiger partial charge in [0, 0.05) is 36.6 Å². The molecular formula is C31H24ClF3N4O4. The van der Waals surface area contributed by atoms with Crippen molar-refractivity contribution in [3.8, 4) is 11.5 Å². The van der Waals surface area contributed by atoms with Crippen LogP contribution in [-0.4, -0.2) is 37.6 Å². The molecule has 3 heterocycles. The van der Waals surface area contributed by atoms with E-state index in [4.69, 9.17) is 16.3 Å². The highest BCUT2D eigenvalue weighted by atomic mass is 35.5. The number of aromatic nitrogens is 3. The zero-order valence-electron chi connectivity index (χ0n) is 22.8. The number of carboxylic acid groups (broad SMARTS) is 1. The van der Waals surface area contributed by atoms with Crippen LogP contribution in [-0.2, 0) is 12.7 Å². The van der Waals surface area contributed by atoms with Crippen molar-refractivity contribution in [2.45, 2.75) is 32.6 Å². The molecule has 0 fully saturated rings. The average molecular weight is 609 g/mol. The predicted molar refractivity (Wildman–Crippen MR) is 155 cm³/mol. The fourth-order valence-corrected chi connectivity index (χ4v) is 4.78. The van der Waals surface area contributed by atoms with Gasteiger partial charge in [0.25, 0.3) is 5.91 Å². The highest BCUT2D eigenvalue weighted by Crippen LogP contribution is 2.40. The number of ether oxygens (including phenoxy) is 1. The molecule has 0 aliphatic rings. The van der Waals surface area contributed by atoms with E-state index in [-0.39, 0.29) is 29.2 Å². The van der Waals surface area contributed by atoms with Crippen molar-refractivity contribution in [1.29, 1.82) is 0 Å². The number of hydrogen-bond acceptors (Lipinski definition) is 5. The zero-order valence-corrected chi connectivity index (χ0v) is 23.6. The normalized spacial score (nSPS) is 11.6. The van der Waals surface area contributed by atoms with E-state index in [9.17, 15) is 27.9 Å². The molecule has 0 aliphatic carbocycles. The summed E-state index contributed by atoms with van der Waals surface area (Å²) in [6.07, 6.45) is -0.106. The van der Waals surface area contributed by atoms with Crippen LogP contribution < -0.4 is 9.64 Å². The van der Waals surface area contributed by atoms with Crippen molar-refractivity contribution in [3.63, 3.8) is 0 Å². The number of halogens is 4. The van der Waals surface area contributed by atoms with Gasteiger partial charge in [0.05, 0.1) is 21.8 Å². The molecule has 1 N–H and O–H groups in total. The number of benzene rings is 2. The van der Waals surface area contributed by atoms with Crippen LogP contribution >= 0.6 is 11.6 Å². The van der Waals surface area contributed by atoms with Crippen LogP contribution in [0.2, 0.25) is 5.02 Å². The fraction of sp³-hybridized carbons (Fsp3) is 0.161. The van der Waals surface area contributed by atoms with Gasteiger partial charge >= 0.3 is 12.1 Å². The average Bonchev–Trinajstić information content (AvgIpc) is 3.36. The van der Waals surface area contributed by atoms with Gasteiger partial charge in [0.2, 0.25) is 0 Å². The Bertz CT molecular complexity index is 1820. The number of hydrogen-bond donors (Lipinski definition) is 1. The first-order valence-electron chi connectivity index (χ1n) is 13.0. The lowest BCUT2D eigenvalue weighted by molar-refractivity contribution is -0.138. The fourth-order valence-electron chi connectivity index (χ4n) is 4.67. The summed E-state index contributed by atoms with van der Waals surface area (Å²) in [5.41, 5.74) is -0.303. The summed E-state index contributed by atoms with van der Waals surface area (Å²) in [4.78, 5) is 35.1. The third-order valence-electron chi connectivity index (χ3n) is 6.59. The van der Waals surface area contributed by atoms with Crippen LogP contribution in [0, 0.1) is 0 Å². The smallest absolute Gasteiger partial charge is 0.419 e. The third kappa shape index (κ3) is 6.31. The van der Waals surface area contributed by atoms with Crippen molar-refractivity contribution in [2.24, 2.45) is 0 Å². The lowest BCUT2D eigenvalue weighted by atomic mass is 10.1. The number of amides is 1. The Labute approximate surface area is 248 Å². The summed E-state index contributed by atoms with van der Waals surface area (Å²) < 4.78 is 49.8. The molecule has 3 aromatic heterocycles. The maximum Gasteiger partial charge on any atom is 0.419 e. The summed E-state index contributed by atoms with van der Waals surface area (Å²) in [6, 6.07) is 15.3. The first kappa shape index (κ1) is 29.6. The number of nitrogens with zero attached hydrogens (tertiary/aromatic N) is 4. The molecule has 12 heteroatoms. The second-order valence-electron chi connectivity index (χ2n) is 9.90. The number of carbonyl (C=O) groups is 2. The van der Waals surface area contributed by atoms with E-state index >= 15 is 0 Å². The molecule has 43 heavy (non-hydrogen) atoms. The summed E-state index contributed by atoms with van der Waals surface area (Å²) in [5.74, 6) is -2.64. The molecule has 0 spiro atoms. The van der Waals surface area contributed by atoms with Crippen molar-refractivity contribution < 1.29 is 32.6 Å². The van der Waals surface area contributed by atoms with Crippen LogP contribution in [0.15, 0.2) is 85.3 Å². The summed E-state index contributed by atoms with van der Waals surface area (Å²) in [7, 11) is 0. The lowest BCUT2D eigenvalue weighted by Crippen LogP contribution is -2.38. The number of carboxylic acids is 1. The SMILES string of the molecule is CC(C)N(C(=O)c1ccc(Cl)cn1)c1ccc(Oc2ccc(Cn3ccc4cccnc43)cc2C(F)(F)F)cc1C(=O)O. The van der Waals surface area contributed by atoms with Crippen molar-refractivity contribution in [3.05, 3.63) is 113 Å². The number of pyridine rings is 2. The molecular weight excluding hydrogens is 585 g/mol. The van der Waals surface area contributed by atoms with Gasteiger partial charge in [-0.05, 0) is 80.1 Å². The highest BCUT2D eigenvalue weighted by molar-refractivity contribution is 6.30. The molecule has 0 radical (unpaired) electrons. The number of aromatic carboxylic acids is 1. The summed E-state index contributed by atoms with van der Waals surface area (Å²) in [6.45, 7) is 3.52. The van der Waals surface area contributed by atoms with E-state index in [0.717, 1.165) is 17.5 Å². The van der Waals surface area contributed by atoms with E-state index in [1.54, 1.807) is 36.9 Å². The van der Waals surface area contributed by atoms with E-state index in [0.29, 0.717) is 16.2 Å². The van der Waals surface area contributed by atoms with Gasteiger partial charge in [0.15, 0.2) is 0 Å². The van der Waals surface area contributed by atoms with Gasteiger partial charge in [-0.1, -0.05) is 17.7 Å². The molecule has 8 nitrogen and oxygen atoms in total. The standard InChI is InChI=1S/C31H24ClF3N4O4/c1-18(2)39(29(40)25-8-6-21(32)16-37-25)26-9-7-22(15-23(26)30(41)42)43-27-10-5-19(14-24(27)31(33,34)35)17-38-13-11-20-4-3-12-36-28(20)38/h3-16,18H,17H2,1-2H3,(H,41,42). The lowest BCUT2D eigenvalue weighted by Gasteiger charge is -2.28. The van der Waals surface area contributed by atoms with Gasteiger partial charge in [-0.2, -0.15) is 13.2 Å². The molecule has 0 saturated heterocycles. The minimum atomic E-state index is -4.76. The Morgan fingerprint density at radius 3 is 2.51 bits per heavy atom. The van der Waals surface area contributed by atoms with Crippen molar-refractivity contribution in [1.82, 2.24) is 14.5 Å². The van der Waals surface area contributed by atoms with Gasteiger partial charge in [-0.3, -0.25) is 4.79 Å². The van der Waals surface area contributed by atoms with Crippen LogP contribution in [0.1, 0.15) is 45.8 Å². The topological polar surface area (TPSA) is 97.6 Å². The molecule has 0 bridgehead atoms. The summed E-state index contributed by atoms with van der Waals surface area (Å²) in [5, 5.41) is 11.2. The van der Waals surface area contributed by atoms with E-state index in [2.05, 4.69) is 9.97 Å². The first-order chi connectivity index (χ1) is 20.4. The zero-order chi connectivity index (χ0) is 30.9. The number of fused-ring (bicyclic) bond motifs is 1. The minimum Gasteiger partial charge on any atom is -0.478 e. The number of rotatable bonds is 8. The van der Waals surface area contributed by atoms with Crippen LogP contribution in [0.5, 0.6) is 11.5 Å². The van der Waals surface area contributed by atoms with Crippen molar-refractivity contribution in [2.75, 3.05) is 4.90 Å². The Morgan fingerprint density at radius 2 is 1.84 bits per heavy atom. The number of carbonyl (C=O) groups excluding carboxylic acids is 1. The summed E-state index contributed by atoms with van der Waals surface area (Å²) >= 11 is 5.87. The maximum atomic E-state index is 14.2. The van der Waals surface area contributed by atoms with E-state index in [1.807, 2.05) is 12.1 Å². The van der Waals surface area contributed by atoms with Gasteiger partial charge in [-0.15, -0.1) is 0 Å². The molecule has 2 aromatic carbocycles. The molecule has 0 atom stereocenters. The highest BCUT2D eigenvalue weighted by Gasteiger charge is 2.35. The third-order valence-corrected chi connectivity index (χ3v) is 6.82.